The van der Waals surface area contributed by atoms with E-state index in [2.05, 4.69) is 46.7 Å². The summed E-state index contributed by atoms with van der Waals surface area (Å²) in [6.07, 6.45) is 0. The summed E-state index contributed by atoms with van der Waals surface area (Å²) >= 11 is 0. The monoisotopic (exact) mass is 207 g/mol. The second-order valence-electron chi connectivity index (χ2n) is 3.40. The number of hydrogen-bond acceptors (Lipinski definition) is 1. The van der Waals surface area contributed by atoms with Crippen LogP contribution in [0.3, 0.4) is 0 Å². The Labute approximate surface area is 85.3 Å². The van der Waals surface area contributed by atoms with Crippen molar-refractivity contribution in [3.8, 4) is 0 Å². The summed E-state index contributed by atoms with van der Waals surface area (Å²) in [4.78, 5) is 2.15. The first-order valence-electron chi connectivity index (χ1n) is 3.62. The Kier molecular flexibility index (Phi) is 13.9. The zero-order valence-corrected chi connectivity index (χ0v) is 11.7. The molecule has 0 radical (unpaired) electrons. The van der Waals surface area contributed by atoms with Crippen molar-refractivity contribution in [2.24, 2.45) is 5.41 Å². The zero-order valence-electron chi connectivity index (χ0n) is 8.78. The molecule has 0 aromatic rings. The summed E-state index contributed by atoms with van der Waals surface area (Å²) in [7, 11) is 4.12. The fourth-order valence-electron chi connectivity index (χ4n) is 0.856. The molecule has 0 aromatic carbocycles. The quantitative estimate of drug-likeness (QED) is 0.497. The summed E-state index contributed by atoms with van der Waals surface area (Å²) in [6.45, 7) is 14.3. The van der Waals surface area contributed by atoms with E-state index >= 15 is 0 Å². The van der Waals surface area contributed by atoms with E-state index < -0.39 is 0 Å². The van der Waals surface area contributed by atoms with Crippen LogP contribution in [0.1, 0.15) is 20.8 Å². The Morgan fingerprint density at radius 2 is 1.45 bits per heavy atom. The van der Waals surface area contributed by atoms with Crippen molar-refractivity contribution in [2.45, 2.75) is 20.8 Å². The van der Waals surface area contributed by atoms with E-state index in [4.69, 9.17) is 0 Å². The molecule has 0 N–H and O–H groups in total. The van der Waals surface area contributed by atoms with E-state index in [0.717, 1.165) is 6.54 Å². The third kappa shape index (κ3) is 25.0. The van der Waals surface area contributed by atoms with Crippen LogP contribution in [0.5, 0.6) is 0 Å². The summed E-state index contributed by atoms with van der Waals surface area (Å²) < 4.78 is 0. The van der Waals surface area contributed by atoms with E-state index in [1.165, 1.54) is 0 Å². The second kappa shape index (κ2) is 8.68. The molecule has 0 aliphatic carbocycles. The molecule has 0 saturated heterocycles. The minimum absolute atomic E-state index is 0. The van der Waals surface area contributed by atoms with Crippen LogP contribution < -0.4 is 0 Å². The molecule has 0 bridgehead atoms. The van der Waals surface area contributed by atoms with Gasteiger partial charge in [-0.1, -0.05) is 13.8 Å². The number of nitrogens with zero attached hydrogens (tertiary/aromatic N) is 1. The molecule has 0 unspecified atom stereocenters. The molecule has 0 aromatic heterocycles. The van der Waals surface area contributed by atoms with Gasteiger partial charge in [0.15, 0.2) is 0 Å². The van der Waals surface area contributed by atoms with Gasteiger partial charge in [0.25, 0.3) is 0 Å². The van der Waals surface area contributed by atoms with Crippen LogP contribution in [0.25, 0.3) is 0 Å². The van der Waals surface area contributed by atoms with Gasteiger partial charge in [0.1, 0.15) is 0 Å². The minimum atomic E-state index is 0. The van der Waals surface area contributed by atoms with Crippen LogP contribution >= 0.6 is 0 Å². The fourth-order valence-corrected chi connectivity index (χ4v) is 0.856. The maximum absolute atomic E-state index is 3.97. The van der Waals surface area contributed by atoms with Crippen LogP contribution in [0.15, 0.2) is 0 Å². The molecule has 2 heteroatoms. The van der Waals surface area contributed by atoms with Crippen LogP contribution in [-0.4, -0.2) is 25.5 Å². The normalized spacial score (nSPS) is 9.82. The van der Waals surface area contributed by atoms with Crippen molar-refractivity contribution in [1.82, 2.24) is 4.90 Å². The third-order valence-electron chi connectivity index (χ3n) is 0.744. The molecule has 0 atom stereocenters. The van der Waals surface area contributed by atoms with Gasteiger partial charge >= 0.3 is 0 Å². The van der Waals surface area contributed by atoms with Crippen LogP contribution in [0, 0.1) is 19.3 Å². The van der Waals surface area contributed by atoms with Gasteiger partial charge < -0.3 is 18.7 Å². The van der Waals surface area contributed by atoms with Crippen LogP contribution in [0.4, 0.5) is 0 Å². The van der Waals surface area contributed by atoms with Crippen molar-refractivity contribution in [2.75, 3.05) is 20.6 Å². The predicted molar refractivity (Wildman–Crippen MR) is 48.7 cm³/mol. The molecular formula is C9H21NZn-2. The summed E-state index contributed by atoms with van der Waals surface area (Å²) in [6, 6.07) is 0. The number of hydrogen-bond donors (Lipinski definition) is 0. The smallest absolute Gasteiger partial charge is 0 e. The van der Waals surface area contributed by atoms with Crippen molar-refractivity contribution in [3.05, 3.63) is 13.8 Å². The van der Waals surface area contributed by atoms with Crippen molar-refractivity contribution < 1.29 is 19.5 Å². The Balaban J connectivity index is -0.000000196. The van der Waals surface area contributed by atoms with E-state index in [1.807, 2.05) is 0 Å². The van der Waals surface area contributed by atoms with Crippen LogP contribution in [0.2, 0.25) is 0 Å². The number of rotatable bonds is 2. The van der Waals surface area contributed by atoms with Crippen LogP contribution in [-0.2, 0) is 19.5 Å². The molecule has 66 valence electrons. The Bertz CT molecular complexity index is 64.5. The van der Waals surface area contributed by atoms with E-state index in [0.29, 0.717) is 0 Å². The first-order chi connectivity index (χ1) is 4.42. The van der Waals surface area contributed by atoms with E-state index in [9.17, 15) is 0 Å². The molecule has 0 aliphatic rings. The fraction of sp³-hybridized carbons (Fsp3) is 0.778. The van der Waals surface area contributed by atoms with Gasteiger partial charge in [0.05, 0.1) is 0 Å². The van der Waals surface area contributed by atoms with Gasteiger partial charge in [-0.2, -0.15) is 12.3 Å². The molecule has 11 heavy (non-hydrogen) atoms. The van der Waals surface area contributed by atoms with Gasteiger partial charge in [0.2, 0.25) is 0 Å². The molecular weight excluding hydrogens is 187 g/mol. The maximum atomic E-state index is 3.97. The van der Waals surface area contributed by atoms with Gasteiger partial charge in [-0.25, -0.2) is 0 Å². The Morgan fingerprint density at radius 3 is 1.45 bits per heavy atom. The first kappa shape index (κ1) is 17.6. The van der Waals surface area contributed by atoms with Gasteiger partial charge in [-0.05, 0) is 20.6 Å². The topological polar surface area (TPSA) is 3.24 Å². The summed E-state index contributed by atoms with van der Waals surface area (Å²) in [5.41, 5.74) is 0.198. The standard InChI is InChI=1S/C7H16N.C2H5.Zn/c1-7(2,3)6-8(4)5;1-2;/h1,6H2,2-5H3;1H2,2H3;/q2*-1;. The van der Waals surface area contributed by atoms with Crippen molar-refractivity contribution in [1.29, 1.82) is 0 Å². The first-order valence-corrected chi connectivity index (χ1v) is 3.62. The maximum Gasteiger partial charge on any atom is 0 e. The Morgan fingerprint density at radius 1 is 1.18 bits per heavy atom. The van der Waals surface area contributed by atoms with Gasteiger partial charge in [-0.15, -0.1) is 0 Å². The van der Waals surface area contributed by atoms with Crippen molar-refractivity contribution >= 4 is 0 Å². The van der Waals surface area contributed by atoms with E-state index in [1.54, 1.807) is 6.92 Å². The summed E-state index contributed by atoms with van der Waals surface area (Å²) in [5, 5.41) is 0. The predicted octanol–water partition coefficient (Wildman–Crippen LogP) is 2.25. The van der Waals surface area contributed by atoms with E-state index in [-0.39, 0.29) is 24.9 Å². The largest absolute Gasteiger partial charge is 0.346 e. The molecule has 0 saturated carbocycles. The molecule has 0 amide bonds. The minimum Gasteiger partial charge on any atom is -0.346 e. The average molecular weight is 209 g/mol. The molecule has 1 nitrogen and oxygen atoms in total. The SMILES string of the molecule is [CH2-]C.[CH2-]C(C)(C)CN(C)C.[Zn]. The summed E-state index contributed by atoms with van der Waals surface area (Å²) in [5.74, 6) is 0. The molecule has 0 aliphatic heterocycles. The molecule has 0 rings (SSSR count). The second-order valence-corrected chi connectivity index (χ2v) is 3.40. The van der Waals surface area contributed by atoms with Gasteiger partial charge in [0, 0.05) is 19.5 Å². The molecule has 0 fully saturated rings. The van der Waals surface area contributed by atoms with Crippen molar-refractivity contribution in [3.63, 3.8) is 0 Å². The zero-order chi connectivity index (χ0) is 8.78. The molecule has 0 spiro atoms. The molecule has 0 heterocycles. The third-order valence-corrected chi connectivity index (χ3v) is 0.744. The average Bonchev–Trinajstić information content (AvgIpc) is 1.64. The Hall–Kier alpha value is 0.583. The van der Waals surface area contributed by atoms with Gasteiger partial charge in [-0.3, -0.25) is 0 Å².